The summed E-state index contributed by atoms with van der Waals surface area (Å²) in [5, 5.41) is 3.59. The smallest absolute Gasteiger partial charge is 0.353 e. The van der Waals surface area contributed by atoms with Gasteiger partial charge in [-0.1, -0.05) is 26.0 Å². The number of carbonyl (C=O) groups excluding carboxylic acids is 1. The summed E-state index contributed by atoms with van der Waals surface area (Å²) in [7, 11) is 0. The molecule has 0 radical (unpaired) electrons. The fourth-order valence-corrected chi connectivity index (χ4v) is 6.92. The van der Waals surface area contributed by atoms with E-state index in [1.165, 1.54) is 12.1 Å². The third-order valence-corrected chi connectivity index (χ3v) is 8.82. The van der Waals surface area contributed by atoms with E-state index < -0.39 is 17.5 Å². The zero-order chi connectivity index (χ0) is 24.8. The molecule has 1 saturated carbocycles. The number of piperidine rings is 1. The second kappa shape index (κ2) is 9.67. The Morgan fingerprint density at radius 2 is 1.97 bits per heavy atom. The molecule has 4 fully saturated rings. The number of halogens is 3. The van der Waals surface area contributed by atoms with Crippen LogP contribution in [-0.2, 0) is 22.3 Å². The average Bonchev–Trinajstić information content (AvgIpc) is 3.47. The predicted molar refractivity (Wildman–Crippen MR) is 127 cm³/mol. The quantitative estimate of drug-likeness (QED) is 0.618. The summed E-state index contributed by atoms with van der Waals surface area (Å²) < 4.78 is 45.6. The zero-order valence-corrected chi connectivity index (χ0v) is 20.8. The van der Waals surface area contributed by atoms with Gasteiger partial charge in [-0.2, -0.15) is 13.2 Å². The van der Waals surface area contributed by atoms with Crippen molar-refractivity contribution in [3.63, 3.8) is 0 Å². The molecule has 1 aromatic rings. The molecule has 1 amide bonds. The standard InChI is InChI=1S/C27H38F3N3O2/c1-18(2)24-17-35-26-12-11-23(14-21(26)9-10-25(34)33(24)26)32(16-22-4-3-13-31-22)15-19-5-7-20(8-6-19)27(28,29)30/h5-8,18,21-24,31H,3-4,9-17H2,1-2H3/t21-,22-,23+,24-,26-/m1/s1. The van der Waals surface area contributed by atoms with Gasteiger partial charge in [0.25, 0.3) is 0 Å². The third kappa shape index (κ3) is 4.86. The largest absolute Gasteiger partial charge is 0.416 e. The van der Waals surface area contributed by atoms with Crippen molar-refractivity contribution in [1.29, 1.82) is 0 Å². The molecule has 0 unspecified atom stereocenters. The molecule has 3 heterocycles. The molecule has 4 aliphatic rings. The molecule has 194 valence electrons. The lowest BCUT2D eigenvalue weighted by Crippen LogP contribution is -2.63. The molecule has 35 heavy (non-hydrogen) atoms. The minimum absolute atomic E-state index is 0.146. The Morgan fingerprint density at radius 1 is 1.20 bits per heavy atom. The van der Waals surface area contributed by atoms with Gasteiger partial charge in [-0.25, -0.2) is 0 Å². The van der Waals surface area contributed by atoms with E-state index in [0.29, 0.717) is 43.5 Å². The highest BCUT2D eigenvalue weighted by Crippen LogP contribution is 2.51. The topological polar surface area (TPSA) is 44.8 Å². The van der Waals surface area contributed by atoms with Crippen molar-refractivity contribution in [1.82, 2.24) is 15.1 Å². The minimum Gasteiger partial charge on any atom is -0.353 e. The van der Waals surface area contributed by atoms with E-state index in [-0.39, 0.29) is 11.9 Å². The second-order valence-corrected chi connectivity index (χ2v) is 11.3. The molecule has 5 atom stereocenters. The fourth-order valence-electron chi connectivity index (χ4n) is 6.92. The Balaban J connectivity index is 1.34. The number of nitrogens with zero attached hydrogens (tertiary/aromatic N) is 2. The van der Waals surface area contributed by atoms with Crippen molar-refractivity contribution in [2.45, 2.75) is 95.4 Å². The highest BCUT2D eigenvalue weighted by Gasteiger charge is 2.59. The summed E-state index contributed by atoms with van der Waals surface area (Å²) in [6, 6.07) is 6.52. The minimum atomic E-state index is -4.32. The van der Waals surface area contributed by atoms with Crippen LogP contribution < -0.4 is 5.32 Å². The maximum Gasteiger partial charge on any atom is 0.416 e. The number of carbonyl (C=O) groups is 1. The summed E-state index contributed by atoms with van der Waals surface area (Å²) in [4.78, 5) is 17.6. The molecule has 1 spiro atoms. The normalized spacial score (nSPS) is 33.5. The number of hydrogen-bond acceptors (Lipinski definition) is 4. The van der Waals surface area contributed by atoms with Crippen molar-refractivity contribution in [2.24, 2.45) is 11.8 Å². The van der Waals surface area contributed by atoms with Crippen LogP contribution in [-0.4, -0.2) is 59.3 Å². The summed E-state index contributed by atoms with van der Waals surface area (Å²) in [5.41, 5.74) is -0.157. The van der Waals surface area contributed by atoms with Crippen LogP contribution in [0.3, 0.4) is 0 Å². The summed E-state index contributed by atoms with van der Waals surface area (Å²) in [6.07, 6.45) is 2.13. The van der Waals surface area contributed by atoms with E-state index in [1.807, 2.05) is 0 Å². The first kappa shape index (κ1) is 25.0. The summed E-state index contributed by atoms with van der Waals surface area (Å²) >= 11 is 0. The van der Waals surface area contributed by atoms with Crippen molar-refractivity contribution in [3.8, 4) is 0 Å². The SMILES string of the molecule is CC(C)[C@H]1CO[C@]23CC[C@H](N(Cc4ccc(C(F)(F)F)cc4)C[C@H]4CCCN4)C[C@H]2CCC(=O)N13. The van der Waals surface area contributed by atoms with E-state index in [2.05, 4.69) is 29.0 Å². The highest BCUT2D eigenvalue weighted by molar-refractivity contribution is 5.78. The maximum absolute atomic E-state index is 13.1. The number of hydrogen-bond donors (Lipinski definition) is 1. The second-order valence-electron chi connectivity index (χ2n) is 11.3. The van der Waals surface area contributed by atoms with E-state index in [0.717, 1.165) is 57.2 Å². The summed E-state index contributed by atoms with van der Waals surface area (Å²) in [6.45, 7) is 7.50. The first-order chi connectivity index (χ1) is 16.7. The van der Waals surface area contributed by atoms with Crippen LogP contribution in [0.4, 0.5) is 13.2 Å². The fraction of sp³-hybridized carbons (Fsp3) is 0.741. The van der Waals surface area contributed by atoms with E-state index in [1.54, 1.807) is 12.1 Å². The molecular formula is C27H38F3N3O2. The number of nitrogens with one attached hydrogen (secondary N) is 1. The van der Waals surface area contributed by atoms with Gasteiger partial charge in [-0.05, 0) is 68.7 Å². The van der Waals surface area contributed by atoms with Gasteiger partial charge in [0.2, 0.25) is 5.91 Å². The van der Waals surface area contributed by atoms with Crippen molar-refractivity contribution in [3.05, 3.63) is 35.4 Å². The van der Waals surface area contributed by atoms with Gasteiger partial charge >= 0.3 is 6.18 Å². The Bertz CT molecular complexity index is 900. The molecule has 0 aromatic heterocycles. The first-order valence-corrected chi connectivity index (χ1v) is 13.3. The van der Waals surface area contributed by atoms with Crippen molar-refractivity contribution < 1.29 is 22.7 Å². The first-order valence-electron chi connectivity index (χ1n) is 13.3. The average molecular weight is 494 g/mol. The maximum atomic E-state index is 13.1. The van der Waals surface area contributed by atoms with Crippen molar-refractivity contribution in [2.75, 3.05) is 19.7 Å². The molecular weight excluding hydrogens is 455 g/mol. The van der Waals surface area contributed by atoms with Crippen LogP contribution >= 0.6 is 0 Å². The van der Waals surface area contributed by atoms with Crippen LogP contribution in [0.15, 0.2) is 24.3 Å². The molecule has 5 rings (SSSR count). The van der Waals surface area contributed by atoms with Crippen LogP contribution in [0, 0.1) is 11.8 Å². The molecule has 3 saturated heterocycles. The molecule has 1 aromatic carbocycles. The van der Waals surface area contributed by atoms with Crippen LogP contribution in [0.5, 0.6) is 0 Å². The van der Waals surface area contributed by atoms with Crippen LogP contribution in [0.1, 0.15) is 69.9 Å². The van der Waals surface area contributed by atoms with E-state index >= 15 is 0 Å². The lowest BCUT2D eigenvalue weighted by Gasteiger charge is -2.54. The van der Waals surface area contributed by atoms with Gasteiger partial charge in [0, 0.05) is 37.5 Å². The lowest BCUT2D eigenvalue weighted by atomic mass is 9.72. The predicted octanol–water partition coefficient (Wildman–Crippen LogP) is 4.80. The third-order valence-electron chi connectivity index (χ3n) is 8.82. The molecule has 3 aliphatic heterocycles. The monoisotopic (exact) mass is 493 g/mol. The van der Waals surface area contributed by atoms with Gasteiger partial charge in [0.1, 0.15) is 5.72 Å². The number of ether oxygens (including phenoxy) is 1. The number of amides is 1. The van der Waals surface area contributed by atoms with Crippen LogP contribution in [0.2, 0.25) is 0 Å². The molecule has 1 aliphatic carbocycles. The van der Waals surface area contributed by atoms with Crippen molar-refractivity contribution >= 4 is 5.91 Å². The number of benzene rings is 1. The molecule has 0 bridgehead atoms. The van der Waals surface area contributed by atoms with Gasteiger partial charge in [0.05, 0.1) is 18.2 Å². The van der Waals surface area contributed by atoms with Gasteiger partial charge in [-0.15, -0.1) is 0 Å². The van der Waals surface area contributed by atoms with Gasteiger partial charge in [0.15, 0.2) is 0 Å². The van der Waals surface area contributed by atoms with Crippen LogP contribution in [0.25, 0.3) is 0 Å². The molecule has 8 heteroatoms. The Morgan fingerprint density at radius 3 is 2.63 bits per heavy atom. The Labute approximate surface area is 206 Å². The van der Waals surface area contributed by atoms with Gasteiger partial charge < -0.3 is 15.0 Å². The van der Waals surface area contributed by atoms with Gasteiger partial charge in [-0.3, -0.25) is 9.69 Å². The lowest BCUT2D eigenvalue weighted by molar-refractivity contribution is -0.191. The highest BCUT2D eigenvalue weighted by atomic mass is 19.4. The number of alkyl halides is 3. The van der Waals surface area contributed by atoms with E-state index in [9.17, 15) is 18.0 Å². The molecule has 5 nitrogen and oxygen atoms in total. The zero-order valence-electron chi connectivity index (χ0n) is 20.8. The Hall–Kier alpha value is -1.64. The molecule has 1 N–H and O–H groups in total. The number of rotatable bonds is 6. The Kier molecular flexibility index (Phi) is 6.92. The van der Waals surface area contributed by atoms with E-state index in [4.69, 9.17) is 4.74 Å². The summed E-state index contributed by atoms with van der Waals surface area (Å²) in [5.74, 6) is 0.890.